The van der Waals surface area contributed by atoms with Gasteiger partial charge in [0.15, 0.2) is 17.6 Å². The van der Waals surface area contributed by atoms with Crippen molar-refractivity contribution in [3.8, 4) is 22.6 Å². The van der Waals surface area contributed by atoms with Crippen LogP contribution >= 0.6 is 0 Å². The Morgan fingerprint density at radius 1 is 0.814 bits per heavy atom. The smallest absolute Gasteiger partial charge is 0.407 e. The van der Waals surface area contributed by atoms with Crippen molar-refractivity contribution in [1.82, 2.24) is 20.5 Å². The van der Waals surface area contributed by atoms with Crippen LogP contribution in [0.4, 0.5) is 4.79 Å². The molecule has 2 aliphatic heterocycles. The minimum Gasteiger partial charge on any atom is -0.504 e. The molecule has 14 nitrogen and oxygen atoms in total. The number of esters is 2. The molecule has 2 saturated heterocycles. The summed E-state index contributed by atoms with van der Waals surface area (Å²) in [5, 5.41) is 25.0. The second kappa shape index (κ2) is 20.9. The maximum absolute atomic E-state index is 14.6. The van der Waals surface area contributed by atoms with E-state index in [9.17, 15) is 34.2 Å². The monoisotopic (exact) mass is 942 g/mol. The fourth-order valence-corrected chi connectivity index (χ4v) is 8.96. The van der Waals surface area contributed by atoms with Crippen LogP contribution in [-0.4, -0.2) is 75.2 Å². The van der Waals surface area contributed by atoms with E-state index in [1.54, 1.807) is 25.1 Å². The highest BCUT2D eigenvalue weighted by molar-refractivity contribution is 6.08. The number of nitrogens with zero attached hydrogens (tertiary/aromatic N) is 2. The zero-order chi connectivity index (χ0) is 49.4. The predicted molar refractivity (Wildman–Crippen MR) is 261 cm³/mol. The zero-order valence-corrected chi connectivity index (χ0v) is 39.0. The number of carbonyl (C=O) groups excluding carboxylic acids is 5. The van der Waals surface area contributed by atoms with E-state index >= 15 is 0 Å². The van der Waals surface area contributed by atoms with Crippen LogP contribution in [0.1, 0.15) is 84.4 Å². The van der Waals surface area contributed by atoms with Crippen LogP contribution < -0.4 is 10.6 Å². The molecule has 0 spiro atoms. The average molecular weight is 943 g/mol. The van der Waals surface area contributed by atoms with Crippen LogP contribution in [0, 0.1) is 5.41 Å². The molecule has 0 aliphatic carbocycles. The molecule has 3 heterocycles. The molecule has 3 atom stereocenters. The highest BCUT2D eigenvalue weighted by Crippen LogP contribution is 2.51. The molecule has 14 heteroatoms. The molecule has 0 saturated carbocycles. The maximum Gasteiger partial charge on any atom is 0.407 e. The molecule has 3 amide bonds. The van der Waals surface area contributed by atoms with Crippen LogP contribution in [0.25, 0.3) is 17.2 Å². The number of phenols is 2. The molecule has 2 aliphatic rings. The first-order valence-electron chi connectivity index (χ1n) is 23.1. The Labute approximate surface area is 405 Å². The number of alkyl carbamates (subject to hydrolysis) is 1. The Hall–Kier alpha value is -8.26. The number of carbonyl (C=O) groups is 5. The zero-order valence-electron chi connectivity index (χ0n) is 39.0. The van der Waals surface area contributed by atoms with Gasteiger partial charge >= 0.3 is 18.0 Å². The highest BCUT2D eigenvalue weighted by atomic mass is 16.6. The first-order valence-corrected chi connectivity index (χ1v) is 23.1. The normalized spacial score (nSPS) is 17.9. The second-order valence-corrected chi connectivity index (χ2v) is 18.2. The summed E-state index contributed by atoms with van der Waals surface area (Å²) in [6.45, 7) is 5.37. The molecule has 1 unspecified atom stereocenters. The number of rotatable bonds is 17. The molecule has 1 aromatic heterocycles. The Bertz CT molecular complexity index is 2850. The summed E-state index contributed by atoms with van der Waals surface area (Å²) in [5.41, 5.74) is 3.98. The van der Waals surface area contributed by atoms with E-state index < -0.39 is 59.0 Å². The summed E-state index contributed by atoms with van der Waals surface area (Å²) in [7, 11) is 0. The van der Waals surface area contributed by atoms with Crippen LogP contribution in [0.5, 0.6) is 11.5 Å². The van der Waals surface area contributed by atoms with E-state index in [1.807, 2.05) is 129 Å². The average Bonchev–Trinajstić information content (AvgIpc) is 3.65. The predicted octanol–water partition coefficient (Wildman–Crippen LogP) is 8.78. The first kappa shape index (κ1) is 48.2. The molecule has 5 aromatic carbocycles. The van der Waals surface area contributed by atoms with Crippen LogP contribution in [-0.2, 0) is 40.7 Å². The van der Waals surface area contributed by atoms with Crippen molar-refractivity contribution in [2.45, 2.75) is 70.4 Å². The fraction of sp³-hybridized carbons (Fsp3) is 0.250. The van der Waals surface area contributed by atoms with Crippen molar-refractivity contribution in [2.75, 3.05) is 13.2 Å². The van der Waals surface area contributed by atoms with Gasteiger partial charge in [-0.25, -0.2) is 9.59 Å². The molecular weight excluding hydrogens is 889 g/mol. The van der Waals surface area contributed by atoms with Gasteiger partial charge in [0.2, 0.25) is 0 Å². The maximum atomic E-state index is 14.6. The summed E-state index contributed by atoms with van der Waals surface area (Å²) in [5.74, 6) is -2.53. The molecule has 6 aromatic rings. The summed E-state index contributed by atoms with van der Waals surface area (Å²) < 4.78 is 17.9. The quantitative estimate of drug-likeness (QED) is 0.0171. The fourth-order valence-electron chi connectivity index (χ4n) is 8.96. The van der Waals surface area contributed by atoms with Gasteiger partial charge in [-0.05, 0) is 90.4 Å². The third-order valence-corrected chi connectivity index (χ3v) is 12.7. The molecule has 358 valence electrons. The van der Waals surface area contributed by atoms with Crippen molar-refractivity contribution >= 4 is 35.9 Å². The van der Waals surface area contributed by atoms with Gasteiger partial charge in [0.05, 0.1) is 11.7 Å². The largest absolute Gasteiger partial charge is 0.504 e. The van der Waals surface area contributed by atoms with Gasteiger partial charge in [-0.3, -0.25) is 19.4 Å². The Balaban J connectivity index is 0.915. The molecule has 8 rings (SSSR count). The Morgan fingerprint density at radius 2 is 1.46 bits per heavy atom. The summed E-state index contributed by atoms with van der Waals surface area (Å²) >= 11 is 0. The Morgan fingerprint density at radius 3 is 2.11 bits per heavy atom. The van der Waals surface area contributed by atoms with Gasteiger partial charge < -0.3 is 40.0 Å². The van der Waals surface area contributed by atoms with Crippen LogP contribution in [0.3, 0.4) is 0 Å². The van der Waals surface area contributed by atoms with Gasteiger partial charge in [-0.15, -0.1) is 0 Å². The van der Waals surface area contributed by atoms with Crippen molar-refractivity contribution in [3.05, 3.63) is 191 Å². The minimum atomic E-state index is -1.15. The lowest BCUT2D eigenvalue weighted by Crippen LogP contribution is -2.58. The second-order valence-electron chi connectivity index (χ2n) is 18.2. The number of hydrogen-bond acceptors (Lipinski definition) is 11. The van der Waals surface area contributed by atoms with Crippen molar-refractivity contribution in [1.29, 1.82) is 0 Å². The molecule has 0 bridgehead atoms. The van der Waals surface area contributed by atoms with Crippen molar-refractivity contribution in [3.63, 3.8) is 0 Å². The van der Waals surface area contributed by atoms with Crippen LogP contribution in [0.15, 0.2) is 157 Å². The number of phenolic OH excluding ortho intramolecular Hbond substituents is 2. The number of β-lactam (4-membered cyclic amide) rings is 1. The lowest BCUT2D eigenvalue weighted by atomic mass is 9.81. The van der Waals surface area contributed by atoms with E-state index in [0.29, 0.717) is 28.8 Å². The SMILES string of the molecule is CC(C)(OC(=O)CCCNC(=O)c1ccnc(/C=C2/C(=O)N3C2C[C@@](C)(COC(=O)NCc2ccc(O)c(O)c2)[C@@H]3C(=O)OC(c2ccccc2)c2ccccc2)c1)c1ccc(-c2ccccc2)cc1. The van der Waals surface area contributed by atoms with Gasteiger partial charge in [0.25, 0.3) is 11.8 Å². The number of pyridine rings is 1. The standard InChI is InChI=1S/C56H54N4O10/c1-55(2,42-24-22-38(23-25-42)37-14-7-4-8-15-37)70-48(63)20-13-28-58-51(64)41-27-29-57-43(31-41)32-44-45-33-56(3,35-68-54(67)59-34-36-21-26-46(61)47(62)30-36)50(60(45)52(44)65)53(66)69-49(39-16-9-5-10-17-39)40-18-11-6-12-19-40/h4-12,14-19,21-27,29-32,45,49-50,61-62H,13,20,28,33-35H2,1-3H3,(H,58,64)(H,59,67)/b44-32+/t45?,50-,56-/m0/s1. The van der Waals surface area contributed by atoms with Crippen molar-refractivity contribution < 1.29 is 48.4 Å². The lowest BCUT2D eigenvalue weighted by molar-refractivity contribution is -0.163. The number of amides is 3. The van der Waals surface area contributed by atoms with Crippen LogP contribution in [0.2, 0.25) is 0 Å². The Kier molecular flexibility index (Phi) is 14.4. The third kappa shape index (κ3) is 11.0. The number of fused-ring (bicyclic) bond motifs is 1. The number of ether oxygens (including phenoxy) is 3. The molecule has 70 heavy (non-hydrogen) atoms. The van der Waals surface area contributed by atoms with Gasteiger partial charge in [-0.1, -0.05) is 128 Å². The minimum absolute atomic E-state index is 0.0196. The molecule has 2 fully saturated rings. The molecule has 0 radical (unpaired) electrons. The number of nitrogens with one attached hydrogen (secondary N) is 2. The third-order valence-electron chi connectivity index (χ3n) is 12.7. The van der Waals surface area contributed by atoms with E-state index in [0.717, 1.165) is 27.8 Å². The van der Waals surface area contributed by atoms with E-state index in [1.165, 1.54) is 29.3 Å². The summed E-state index contributed by atoms with van der Waals surface area (Å²) in [4.78, 5) is 73.9. The number of hydrogen-bond donors (Lipinski definition) is 4. The van der Waals surface area contributed by atoms with Gasteiger partial charge in [-0.2, -0.15) is 0 Å². The number of aromatic nitrogens is 1. The molecule has 4 N–H and O–H groups in total. The molecular formula is C56H54N4O10. The highest BCUT2D eigenvalue weighted by Gasteiger charge is 2.63. The van der Waals surface area contributed by atoms with Gasteiger partial charge in [0.1, 0.15) is 18.2 Å². The summed E-state index contributed by atoms with van der Waals surface area (Å²) in [6.07, 6.45) is 2.12. The number of aromatic hydroxyl groups is 2. The first-order chi connectivity index (χ1) is 33.7. The van der Waals surface area contributed by atoms with Gasteiger partial charge in [0, 0.05) is 42.3 Å². The lowest BCUT2D eigenvalue weighted by Gasteiger charge is -2.41. The van der Waals surface area contributed by atoms with E-state index in [-0.39, 0.29) is 44.0 Å². The summed E-state index contributed by atoms with van der Waals surface area (Å²) in [6, 6.07) is 42.0. The van der Waals surface area contributed by atoms with E-state index in [4.69, 9.17) is 14.2 Å². The topological polar surface area (TPSA) is 194 Å². The number of benzene rings is 5. The van der Waals surface area contributed by atoms with Crippen molar-refractivity contribution in [2.24, 2.45) is 5.41 Å². The van der Waals surface area contributed by atoms with E-state index in [2.05, 4.69) is 15.6 Å².